The van der Waals surface area contributed by atoms with Crippen LogP contribution < -0.4 is 5.32 Å². The number of aromatic nitrogens is 2. The number of ether oxygens (including phenoxy) is 1. The molecule has 1 aromatic carbocycles. The quantitative estimate of drug-likeness (QED) is 0.643. The van der Waals surface area contributed by atoms with Gasteiger partial charge in [-0.25, -0.2) is 0 Å². The molecule has 108 valence electrons. The smallest absolute Gasteiger partial charge is 0.270 e. The lowest BCUT2D eigenvalue weighted by Gasteiger charge is -2.05. The van der Waals surface area contributed by atoms with Crippen molar-refractivity contribution in [2.45, 2.75) is 6.54 Å². The SMILES string of the molecule is COCCn1cc(Nc2ccc([N+](=O)[O-])cc2C#N)cn1. The molecule has 1 heterocycles. The summed E-state index contributed by atoms with van der Waals surface area (Å²) in [5, 5.41) is 26.9. The second-order valence-corrected chi connectivity index (χ2v) is 4.21. The van der Waals surface area contributed by atoms with E-state index in [2.05, 4.69) is 10.4 Å². The average molecular weight is 287 g/mol. The summed E-state index contributed by atoms with van der Waals surface area (Å²) in [6, 6.07) is 6.02. The molecule has 0 saturated heterocycles. The van der Waals surface area contributed by atoms with Crippen LogP contribution in [-0.2, 0) is 11.3 Å². The molecule has 0 atom stereocenters. The number of methoxy groups -OCH3 is 1. The van der Waals surface area contributed by atoms with Gasteiger partial charge in [-0.2, -0.15) is 10.4 Å². The number of benzene rings is 1. The summed E-state index contributed by atoms with van der Waals surface area (Å²) in [5.74, 6) is 0. The minimum atomic E-state index is -0.534. The number of hydrogen-bond acceptors (Lipinski definition) is 6. The van der Waals surface area contributed by atoms with Gasteiger partial charge in [-0.05, 0) is 6.07 Å². The van der Waals surface area contributed by atoms with Crippen LogP contribution in [-0.4, -0.2) is 28.4 Å². The fourth-order valence-corrected chi connectivity index (χ4v) is 1.74. The Bertz CT molecular complexity index is 689. The van der Waals surface area contributed by atoms with Crippen molar-refractivity contribution in [3.63, 3.8) is 0 Å². The van der Waals surface area contributed by atoms with Crippen LogP contribution in [0.3, 0.4) is 0 Å². The Morgan fingerprint density at radius 2 is 2.38 bits per heavy atom. The number of nitro groups is 1. The van der Waals surface area contributed by atoms with E-state index in [1.165, 1.54) is 18.2 Å². The lowest BCUT2D eigenvalue weighted by Crippen LogP contribution is -2.04. The van der Waals surface area contributed by atoms with Crippen molar-refractivity contribution in [1.29, 1.82) is 5.26 Å². The first kappa shape index (κ1) is 14.5. The zero-order valence-corrected chi connectivity index (χ0v) is 11.3. The summed E-state index contributed by atoms with van der Waals surface area (Å²) in [6.45, 7) is 1.16. The number of nitrogens with zero attached hydrogens (tertiary/aromatic N) is 4. The maximum atomic E-state index is 10.7. The standard InChI is InChI=1S/C13H13N5O3/c1-21-5-4-17-9-11(8-15-17)16-13-3-2-12(18(19)20)6-10(13)7-14/h2-3,6,8-9,16H,4-5H2,1H3. The maximum Gasteiger partial charge on any atom is 0.270 e. The summed E-state index contributed by atoms with van der Waals surface area (Å²) in [7, 11) is 1.61. The number of anilines is 2. The molecule has 0 bridgehead atoms. The molecule has 0 aliphatic heterocycles. The number of nitro benzene ring substituents is 1. The van der Waals surface area contributed by atoms with E-state index in [-0.39, 0.29) is 11.3 Å². The van der Waals surface area contributed by atoms with Gasteiger partial charge in [-0.15, -0.1) is 0 Å². The molecule has 8 nitrogen and oxygen atoms in total. The highest BCUT2D eigenvalue weighted by atomic mass is 16.6. The van der Waals surface area contributed by atoms with Crippen molar-refractivity contribution >= 4 is 17.1 Å². The number of hydrogen-bond donors (Lipinski definition) is 1. The van der Waals surface area contributed by atoms with E-state index in [0.717, 1.165) is 0 Å². The Balaban J connectivity index is 2.17. The fourth-order valence-electron chi connectivity index (χ4n) is 1.74. The molecule has 0 aliphatic rings. The first-order valence-electron chi connectivity index (χ1n) is 6.11. The molecule has 1 aromatic heterocycles. The van der Waals surface area contributed by atoms with Crippen molar-refractivity contribution in [3.05, 3.63) is 46.3 Å². The summed E-state index contributed by atoms with van der Waals surface area (Å²) in [6.07, 6.45) is 3.37. The van der Waals surface area contributed by atoms with Crippen molar-refractivity contribution < 1.29 is 9.66 Å². The van der Waals surface area contributed by atoms with Crippen LogP contribution in [0.4, 0.5) is 17.1 Å². The van der Waals surface area contributed by atoms with Gasteiger partial charge < -0.3 is 10.1 Å². The summed E-state index contributed by atoms with van der Waals surface area (Å²) < 4.78 is 6.65. The van der Waals surface area contributed by atoms with E-state index >= 15 is 0 Å². The zero-order valence-electron chi connectivity index (χ0n) is 11.3. The monoisotopic (exact) mass is 287 g/mol. The number of non-ortho nitro benzene ring substituents is 1. The highest BCUT2D eigenvalue weighted by molar-refractivity contribution is 5.67. The van der Waals surface area contributed by atoms with Crippen LogP contribution in [0.2, 0.25) is 0 Å². The van der Waals surface area contributed by atoms with Gasteiger partial charge in [0, 0.05) is 25.4 Å². The summed E-state index contributed by atoms with van der Waals surface area (Å²) in [5.41, 5.74) is 1.27. The molecule has 8 heteroatoms. The van der Waals surface area contributed by atoms with E-state index in [0.29, 0.717) is 24.5 Å². The first-order chi connectivity index (χ1) is 10.1. The van der Waals surface area contributed by atoms with E-state index in [9.17, 15) is 10.1 Å². The minimum absolute atomic E-state index is 0.118. The molecule has 0 radical (unpaired) electrons. The van der Waals surface area contributed by atoms with E-state index < -0.39 is 4.92 Å². The highest BCUT2D eigenvalue weighted by Gasteiger charge is 2.11. The molecular formula is C13H13N5O3. The van der Waals surface area contributed by atoms with Crippen LogP contribution >= 0.6 is 0 Å². The van der Waals surface area contributed by atoms with Gasteiger partial charge in [0.1, 0.15) is 6.07 Å². The van der Waals surface area contributed by atoms with Crippen LogP contribution in [0.15, 0.2) is 30.6 Å². The van der Waals surface area contributed by atoms with E-state index in [1.54, 1.807) is 24.2 Å². The Morgan fingerprint density at radius 3 is 3.05 bits per heavy atom. The lowest BCUT2D eigenvalue weighted by molar-refractivity contribution is -0.384. The predicted molar refractivity (Wildman–Crippen MR) is 75.2 cm³/mol. The molecule has 2 rings (SSSR count). The third kappa shape index (κ3) is 3.55. The predicted octanol–water partition coefficient (Wildman–Crippen LogP) is 2.05. The van der Waals surface area contributed by atoms with Gasteiger partial charge >= 0.3 is 0 Å². The van der Waals surface area contributed by atoms with Gasteiger partial charge in [0.05, 0.1) is 41.2 Å². The molecule has 0 fully saturated rings. The van der Waals surface area contributed by atoms with Crippen LogP contribution in [0.1, 0.15) is 5.56 Å². The van der Waals surface area contributed by atoms with Crippen LogP contribution in [0.25, 0.3) is 0 Å². The highest BCUT2D eigenvalue weighted by Crippen LogP contribution is 2.24. The molecule has 21 heavy (non-hydrogen) atoms. The lowest BCUT2D eigenvalue weighted by atomic mass is 10.1. The Kier molecular flexibility index (Phi) is 4.48. The summed E-state index contributed by atoms with van der Waals surface area (Å²) in [4.78, 5) is 10.2. The molecule has 0 amide bonds. The fraction of sp³-hybridized carbons (Fsp3) is 0.231. The Hall–Kier alpha value is -2.92. The van der Waals surface area contributed by atoms with Crippen molar-refractivity contribution in [1.82, 2.24) is 9.78 Å². The third-order valence-electron chi connectivity index (χ3n) is 2.77. The Morgan fingerprint density at radius 1 is 1.57 bits per heavy atom. The number of nitrogens with one attached hydrogen (secondary N) is 1. The number of rotatable bonds is 6. The summed E-state index contributed by atoms with van der Waals surface area (Å²) >= 11 is 0. The van der Waals surface area contributed by atoms with Gasteiger partial charge in [-0.3, -0.25) is 14.8 Å². The van der Waals surface area contributed by atoms with E-state index in [1.807, 2.05) is 6.07 Å². The minimum Gasteiger partial charge on any atom is -0.383 e. The van der Waals surface area contributed by atoms with Gasteiger partial charge in [0.2, 0.25) is 0 Å². The van der Waals surface area contributed by atoms with Gasteiger partial charge in [0.25, 0.3) is 5.69 Å². The normalized spacial score (nSPS) is 10.1. The van der Waals surface area contributed by atoms with Crippen molar-refractivity contribution in [2.24, 2.45) is 0 Å². The third-order valence-corrected chi connectivity index (χ3v) is 2.77. The molecule has 0 aliphatic carbocycles. The molecule has 0 spiro atoms. The zero-order chi connectivity index (χ0) is 15.2. The molecule has 0 saturated carbocycles. The molecule has 2 aromatic rings. The number of nitriles is 1. The second-order valence-electron chi connectivity index (χ2n) is 4.21. The maximum absolute atomic E-state index is 10.7. The average Bonchev–Trinajstić information content (AvgIpc) is 2.92. The topological polar surface area (TPSA) is 106 Å². The van der Waals surface area contributed by atoms with Gasteiger partial charge in [-0.1, -0.05) is 0 Å². The van der Waals surface area contributed by atoms with E-state index in [4.69, 9.17) is 10.00 Å². The largest absolute Gasteiger partial charge is 0.383 e. The van der Waals surface area contributed by atoms with Crippen molar-refractivity contribution in [3.8, 4) is 6.07 Å². The van der Waals surface area contributed by atoms with Crippen molar-refractivity contribution in [2.75, 3.05) is 19.0 Å². The molecule has 1 N–H and O–H groups in total. The molecule has 0 unspecified atom stereocenters. The second kappa shape index (κ2) is 6.49. The first-order valence-corrected chi connectivity index (χ1v) is 6.11. The van der Waals surface area contributed by atoms with Gasteiger partial charge in [0.15, 0.2) is 0 Å². The van der Waals surface area contributed by atoms with Crippen LogP contribution in [0.5, 0.6) is 0 Å². The molecular weight excluding hydrogens is 274 g/mol. The Labute approximate surface area is 120 Å². The van der Waals surface area contributed by atoms with Crippen LogP contribution in [0, 0.1) is 21.4 Å².